The maximum absolute atomic E-state index is 6.78. The van der Waals surface area contributed by atoms with E-state index in [-0.39, 0.29) is 0 Å². The van der Waals surface area contributed by atoms with Gasteiger partial charge in [-0.05, 0) is 88.8 Å². The summed E-state index contributed by atoms with van der Waals surface area (Å²) < 4.78 is 19.3. The number of rotatable bonds is 6. The third kappa shape index (κ3) is 5.14. The highest BCUT2D eigenvalue weighted by Crippen LogP contribution is 2.47. The van der Waals surface area contributed by atoms with Gasteiger partial charge in [0.15, 0.2) is 5.58 Å². The van der Waals surface area contributed by atoms with Crippen LogP contribution in [0.1, 0.15) is 0 Å². The van der Waals surface area contributed by atoms with Gasteiger partial charge in [0, 0.05) is 55.5 Å². The smallest absolute Gasteiger partial charge is 0.227 e. The number of benzene rings is 9. The fourth-order valence-electron chi connectivity index (χ4n) is 8.57. The Kier molecular flexibility index (Phi) is 7.16. The molecular formula is C53H32N2O3. The summed E-state index contributed by atoms with van der Waals surface area (Å²) in [4.78, 5) is 7.32. The number of anilines is 3. The van der Waals surface area contributed by atoms with Crippen LogP contribution in [0.5, 0.6) is 0 Å². The molecule has 12 aromatic rings. The van der Waals surface area contributed by atoms with Gasteiger partial charge in [-0.1, -0.05) is 121 Å². The Labute approximate surface area is 332 Å². The van der Waals surface area contributed by atoms with E-state index in [1.165, 1.54) is 5.56 Å². The molecule has 0 amide bonds. The summed E-state index contributed by atoms with van der Waals surface area (Å²) in [6.07, 6.45) is 0. The van der Waals surface area contributed by atoms with Crippen LogP contribution in [-0.4, -0.2) is 4.98 Å². The van der Waals surface area contributed by atoms with E-state index in [2.05, 4.69) is 138 Å². The molecule has 0 atom stereocenters. The number of nitrogens with zero attached hydrogens (tertiary/aromatic N) is 2. The zero-order valence-electron chi connectivity index (χ0n) is 31.1. The Morgan fingerprint density at radius 1 is 0.345 bits per heavy atom. The molecule has 5 heteroatoms. The van der Waals surface area contributed by atoms with Gasteiger partial charge in [-0.3, -0.25) is 0 Å². The van der Waals surface area contributed by atoms with Crippen LogP contribution in [0.25, 0.3) is 99.5 Å². The van der Waals surface area contributed by atoms with Crippen molar-refractivity contribution in [1.29, 1.82) is 0 Å². The van der Waals surface area contributed by atoms with Crippen molar-refractivity contribution < 1.29 is 13.3 Å². The normalized spacial score (nSPS) is 11.8. The lowest BCUT2D eigenvalue weighted by Crippen LogP contribution is -2.10. The van der Waals surface area contributed by atoms with Gasteiger partial charge in [0.05, 0.1) is 5.69 Å². The lowest BCUT2D eigenvalue weighted by atomic mass is 9.98. The van der Waals surface area contributed by atoms with Crippen molar-refractivity contribution in [3.63, 3.8) is 0 Å². The van der Waals surface area contributed by atoms with Crippen molar-refractivity contribution in [3.05, 3.63) is 194 Å². The number of fused-ring (bicyclic) bond motifs is 9. The summed E-state index contributed by atoms with van der Waals surface area (Å²) in [7, 11) is 0. The van der Waals surface area contributed by atoms with Gasteiger partial charge < -0.3 is 18.2 Å². The molecule has 0 saturated heterocycles. The van der Waals surface area contributed by atoms with Gasteiger partial charge in [0.2, 0.25) is 5.89 Å². The lowest BCUT2D eigenvalue weighted by Gasteiger charge is -2.27. The van der Waals surface area contributed by atoms with Gasteiger partial charge in [-0.15, -0.1) is 0 Å². The van der Waals surface area contributed by atoms with Gasteiger partial charge in [-0.25, -0.2) is 4.98 Å². The molecule has 0 bridgehead atoms. The first-order chi connectivity index (χ1) is 28.7. The second-order valence-electron chi connectivity index (χ2n) is 14.7. The predicted molar refractivity (Wildman–Crippen MR) is 237 cm³/mol. The largest absolute Gasteiger partial charge is 0.456 e. The molecule has 0 aliphatic rings. The summed E-state index contributed by atoms with van der Waals surface area (Å²) in [5.41, 5.74) is 13.4. The van der Waals surface area contributed by atoms with E-state index in [4.69, 9.17) is 18.2 Å². The molecule has 5 nitrogen and oxygen atoms in total. The number of furan rings is 2. The van der Waals surface area contributed by atoms with E-state index in [1.54, 1.807) is 0 Å². The summed E-state index contributed by atoms with van der Waals surface area (Å²) in [6.45, 7) is 0. The zero-order valence-corrected chi connectivity index (χ0v) is 31.1. The number of hydrogen-bond acceptors (Lipinski definition) is 5. The first-order valence-corrected chi connectivity index (χ1v) is 19.4. The van der Waals surface area contributed by atoms with Crippen molar-refractivity contribution in [2.75, 3.05) is 4.90 Å². The molecule has 58 heavy (non-hydrogen) atoms. The maximum Gasteiger partial charge on any atom is 0.227 e. The van der Waals surface area contributed by atoms with Gasteiger partial charge in [0.25, 0.3) is 0 Å². The molecule has 0 saturated carbocycles. The van der Waals surface area contributed by atoms with Crippen LogP contribution in [0.4, 0.5) is 17.1 Å². The molecule has 12 rings (SSSR count). The predicted octanol–water partition coefficient (Wildman–Crippen LogP) is 15.3. The Morgan fingerprint density at radius 2 is 0.948 bits per heavy atom. The van der Waals surface area contributed by atoms with Crippen molar-refractivity contribution in [3.8, 4) is 33.7 Å². The first kappa shape index (κ1) is 32.4. The van der Waals surface area contributed by atoms with Gasteiger partial charge in [-0.2, -0.15) is 0 Å². The van der Waals surface area contributed by atoms with Crippen molar-refractivity contribution in [2.24, 2.45) is 0 Å². The summed E-state index contributed by atoms with van der Waals surface area (Å²) >= 11 is 0. The molecule has 0 fully saturated rings. The Balaban J connectivity index is 1.06. The molecule has 0 aliphatic carbocycles. The van der Waals surface area contributed by atoms with E-state index < -0.39 is 0 Å². The topological polar surface area (TPSA) is 55.6 Å². The van der Waals surface area contributed by atoms with Crippen LogP contribution >= 0.6 is 0 Å². The van der Waals surface area contributed by atoms with E-state index >= 15 is 0 Å². The quantitative estimate of drug-likeness (QED) is 0.170. The monoisotopic (exact) mass is 744 g/mol. The number of oxazole rings is 1. The van der Waals surface area contributed by atoms with Crippen LogP contribution in [0.3, 0.4) is 0 Å². The van der Waals surface area contributed by atoms with Crippen LogP contribution in [0.2, 0.25) is 0 Å². The molecule has 0 radical (unpaired) electrons. The van der Waals surface area contributed by atoms with E-state index in [9.17, 15) is 0 Å². The van der Waals surface area contributed by atoms with Crippen molar-refractivity contribution >= 4 is 82.8 Å². The SMILES string of the molecule is c1ccc(-c2ccc(N(c3ccc4oc5ccccc5c4c3)c3cc4oc5ccc(-c6cccc7oc(-c8ccccc8)nc67)cc5c4c4ccccc34)cc2)cc1. The van der Waals surface area contributed by atoms with Gasteiger partial charge in [0.1, 0.15) is 27.8 Å². The minimum absolute atomic E-state index is 0.607. The second-order valence-corrected chi connectivity index (χ2v) is 14.7. The van der Waals surface area contributed by atoms with Crippen LogP contribution < -0.4 is 4.90 Å². The summed E-state index contributed by atoms with van der Waals surface area (Å²) in [5, 5.41) is 6.49. The third-order valence-electron chi connectivity index (χ3n) is 11.3. The zero-order chi connectivity index (χ0) is 38.2. The first-order valence-electron chi connectivity index (χ1n) is 19.4. The van der Waals surface area contributed by atoms with Crippen molar-refractivity contribution in [2.45, 2.75) is 0 Å². The number of aromatic nitrogens is 1. The summed E-state index contributed by atoms with van der Waals surface area (Å²) in [6, 6.07) is 67.4. The average Bonchev–Trinajstić information content (AvgIpc) is 4.01. The average molecular weight is 745 g/mol. The maximum atomic E-state index is 6.78. The molecule has 0 spiro atoms. The Hall–Kier alpha value is -7.89. The van der Waals surface area contributed by atoms with Gasteiger partial charge >= 0.3 is 0 Å². The molecular weight excluding hydrogens is 713 g/mol. The highest BCUT2D eigenvalue weighted by atomic mass is 16.3. The number of para-hydroxylation sites is 2. The van der Waals surface area contributed by atoms with E-state index in [1.807, 2.05) is 60.7 Å². The Morgan fingerprint density at radius 3 is 1.78 bits per heavy atom. The molecule has 9 aromatic carbocycles. The third-order valence-corrected chi connectivity index (χ3v) is 11.3. The number of hydrogen-bond donors (Lipinski definition) is 0. The Bertz CT molecular complexity index is 3510. The van der Waals surface area contributed by atoms with E-state index in [0.717, 1.165) is 105 Å². The van der Waals surface area contributed by atoms with Crippen LogP contribution in [0.15, 0.2) is 207 Å². The molecule has 3 heterocycles. The lowest BCUT2D eigenvalue weighted by molar-refractivity contribution is 0.620. The van der Waals surface area contributed by atoms with E-state index in [0.29, 0.717) is 5.89 Å². The standard InChI is InChI=1S/C53H32N2O3/c1-3-12-33(13-4-1)34-22-25-37(26-23-34)55(38-27-29-47-43(31-38)41-17-9-10-20-46(41)56-47)45-32-50-51(42-18-8-7-16-40(42)45)44-30-36(24-28-48(44)57-50)39-19-11-21-49-52(39)54-53(58-49)35-14-5-2-6-15-35/h1-32H. The summed E-state index contributed by atoms with van der Waals surface area (Å²) in [5.74, 6) is 0.607. The molecule has 3 aromatic heterocycles. The van der Waals surface area contributed by atoms with Crippen LogP contribution in [0, 0.1) is 0 Å². The fraction of sp³-hybridized carbons (Fsp3) is 0. The van der Waals surface area contributed by atoms with Crippen molar-refractivity contribution in [1.82, 2.24) is 4.98 Å². The molecule has 272 valence electrons. The second kappa shape index (κ2) is 12.8. The molecule has 0 aliphatic heterocycles. The molecule has 0 N–H and O–H groups in total. The highest BCUT2D eigenvalue weighted by molar-refractivity contribution is 6.23. The fourth-order valence-corrected chi connectivity index (χ4v) is 8.57. The van der Waals surface area contributed by atoms with Crippen LogP contribution in [-0.2, 0) is 0 Å². The minimum atomic E-state index is 0.607. The highest BCUT2D eigenvalue weighted by Gasteiger charge is 2.22. The molecule has 0 unspecified atom stereocenters. The minimum Gasteiger partial charge on any atom is -0.456 e.